The summed E-state index contributed by atoms with van der Waals surface area (Å²) in [5.41, 5.74) is 0. The van der Waals surface area contributed by atoms with Crippen LogP contribution in [0.4, 0.5) is 4.79 Å². The maximum Gasteiger partial charge on any atom is 0.317 e. The number of nitrogens with zero attached hydrogens (tertiary/aromatic N) is 1. The molecule has 0 aromatic carbocycles. The number of carbonyl (C=O) groups excluding carboxylic acids is 1. The number of nitrogens with one attached hydrogen (secondary N) is 1. The largest absolute Gasteiger partial charge is 0.481 e. The maximum absolute atomic E-state index is 11.9. The van der Waals surface area contributed by atoms with Gasteiger partial charge in [0.1, 0.15) is 0 Å². The summed E-state index contributed by atoms with van der Waals surface area (Å²) in [7, 11) is 0. The van der Waals surface area contributed by atoms with Crippen molar-refractivity contribution in [2.75, 3.05) is 13.1 Å². The molecule has 2 N–H and O–H groups in total. The molecule has 0 aliphatic rings. The minimum absolute atomic E-state index is 0.0315. The quantitative estimate of drug-likeness (QED) is 0.648. The van der Waals surface area contributed by atoms with Crippen LogP contribution in [0.25, 0.3) is 0 Å². The number of urea groups is 1. The summed E-state index contributed by atoms with van der Waals surface area (Å²) in [4.78, 5) is 24.3. The molecule has 0 bridgehead atoms. The van der Waals surface area contributed by atoms with Gasteiger partial charge in [-0.1, -0.05) is 19.8 Å². The molecule has 20 heavy (non-hydrogen) atoms. The second-order valence-corrected chi connectivity index (χ2v) is 5.49. The van der Waals surface area contributed by atoms with Crippen molar-refractivity contribution >= 4 is 12.0 Å². The zero-order valence-electron chi connectivity index (χ0n) is 13.3. The molecule has 0 fully saturated rings. The topological polar surface area (TPSA) is 69.6 Å². The van der Waals surface area contributed by atoms with Gasteiger partial charge in [-0.2, -0.15) is 0 Å². The predicted octanol–water partition coefficient (Wildman–Crippen LogP) is 3.10. The Morgan fingerprint density at radius 2 is 1.80 bits per heavy atom. The molecular formula is C15H30N2O3. The molecular weight excluding hydrogens is 256 g/mol. The molecule has 0 rings (SSSR count). The van der Waals surface area contributed by atoms with E-state index in [4.69, 9.17) is 5.11 Å². The Bertz CT molecular complexity index is 293. The lowest BCUT2D eigenvalue weighted by Crippen LogP contribution is -2.44. The number of aliphatic carboxylic acids is 1. The van der Waals surface area contributed by atoms with Gasteiger partial charge in [-0.15, -0.1) is 0 Å². The third-order valence-electron chi connectivity index (χ3n) is 3.52. The molecule has 118 valence electrons. The van der Waals surface area contributed by atoms with E-state index in [0.717, 1.165) is 19.3 Å². The standard InChI is InChI=1S/C15H30N2O3/c1-5-7-13(8-9-14(18)19)10-11-16-15(20)17(6-2)12(3)4/h12-13H,5-11H2,1-4H3,(H,16,20)(H,18,19). The third-order valence-corrected chi connectivity index (χ3v) is 3.52. The molecule has 0 radical (unpaired) electrons. The molecule has 1 atom stereocenters. The lowest BCUT2D eigenvalue weighted by molar-refractivity contribution is -0.137. The Hall–Kier alpha value is -1.26. The van der Waals surface area contributed by atoms with Gasteiger partial charge < -0.3 is 15.3 Å². The lowest BCUT2D eigenvalue weighted by Gasteiger charge is -2.26. The summed E-state index contributed by atoms with van der Waals surface area (Å²) < 4.78 is 0. The van der Waals surface area contributed by atoms with Gasteiger partial charge in [0.2, 0.25) is 0 Å². The predicted molar refractivity (Wildman–Crippen MR) is 80.8 cm³/mol. The van der Waals surface area contributed by atoms with Gasteiger partial charge in [0, 0.05) is 25.6 Å². The van der Waals surface area contributed by atoms with Crippen LogP contribution in [0.15, 0.2) is 0 Å². The highest BCUT2D eigenvalue weighted by molar-refractivity contribution is 5.74. The average Bonchev–Trinajstić information content (AvgIpc) is 2.36. The van der Waals surface area contributed by atoms with Gasteiger partial charge in [-0.05, 0) is 39.5 Å². The summed E-state index contributed by atoms with van der Waals surface area (Å²) in [5, 5.41) is 11.7. The van der Waals surface area contributed by atoms with Crippen molar-refractivity contribution in [2.24, 2.45) is 5.92 Å². The fourth-order valence-electron chi connectivity index (χ4n) is 2.40. The Balaban J connectivity index is 4.09. The van der Waals surface area contributed by atoms with Gasteiger partial charge in [-0.3, -0.25) is 4.79 Å². The van der Waals surface area contributed by atoms with E-state index in [0.29, 0.717) is 25.4 Å². The van der Waals surface area contributed by atoms with Crippen LogP contribution in [0.3, 0.4) is 0 Å². The van der Waals surface area contributed by atoms with Crippen LogP contribution in [0.2, 0.25) is 0 Å². The van der Waals surface area contributed by atoms with Gasteiger partial charge in [0.05, 0.1) is 0 Å². The van der Waals surface area contributed by atoms with Crippen LogP contribution >= 0.6 is 0 Å². The van der Waals surface area contributed by atoms with E-state index in [1.165, 1.54) is 0 Å². The highest BCUT2D eigenvalue weighted by Crippen LogP contribution is 2.17. The second kappa shape index (κ2) is 10.5. The number of carboxylic acid groups (broad SMARTS) is 1. The van der Waals surface area contributed by atoms with Crippen molar-refractivity contribution in [1.29, 1.82) is 0 Å². The first-order valence-corrected chi connectivity index (χ1v) is 7.68. The molecule has 0 aromatic heterocycles. The lowest BCUT2D eigenvalue weighted by atomic mass is 9.94. The smallest absolute Gasteiger partial charge is 0.317 e. The van der Waals surface area contributed by atoms with Crippen molar-refractivity contribution in [3.05, 3.63) is 0 Å². The van der Waals surface area contributed by atoms with Gasteiger partial charge in [0.25, 0.3) is 0 Å². The zero-order valence-corrected chi connectivity index (χ0v) is 13.3. The Morgan fingerprint density at radius 3 is 2.25 bits per heavy atom. The minimum Gasteiger partial charge on any atom is -0.481 e. The van der Waals surface area contributed by atoms with Gasteiger partial charge in [-0.25, -0.2) is 4.79 Å². The van der Waals surface area contributed by atoms with Crippen molar-refractivity contribution in [3.8, 4) is 0 Å². The third kappa shape index (κ3) is 8.02. The van der Waals surface area contributed by atoms with Crippen LogP contribution in [-0.4, -0.2) is 41.1 Å². The van der Waals surface area contributed by atoms with Crippen molar-refractivity contribution in [2.45, 2.75) is 65.8 Å². The zero-order chi connectivity index (χ0) is 15.5. The molecule has 0 aromatic rings. The molecule has 0 heterocycles. The van der Waals surface area contributed by atoms with Gasteiger partial charge in [0.15, 0.2) is 0 Å². The van der Waals surface area contributed by atoms with E-state index in [1.807, 2.05) is 20.8 Å². The summed E-state index contributed by atoms with van der Waals surface area (Å²) in [6, 6.07) is 0.162. The summed E-state index contributed by atoms with van der Waals surface area (Å²) >= 11 is 0. The molecule has 0 spiro atoms. The van der Waals surface area contributed by atoms with E-state index < -0.39 is 5.97 Å². The number of carbonyl (C=O) groups is 2. The summed E-state index contributed by atoms with van der Waals surface area (Å²) in [5.74, 6) is -0.363. The van der Waals surface area contributed by atoms with Crippen molar-refractivity contribution in [1.82, 2.24) is 10.2 Å². The Kier molecular flexibility index (Phi) is 9.86. The Morgan fingerprint density at radius 1 is 1.15 bits per heavy atom. The first kappa shape index (κ1) is 18.7. The van der Waals surface area contributed by atoms with Crippen molar-refractivity contribution < 1.29 is 14.7 Å². The number of amides is 2. The fraction of sp³-hybridized carbons (Fsp3) is 0.867. The maximum atomic E-state index is 11.9. The molecule has 0 saturated heterocycles. The number of hydrogen-bond acceptors (Lipinski definition) is 2. The van der Waals surface area contributed by atoms with Crippen LogP contribution in [0, 0.1) is 5.92 Å². The van der Waals surface area contributed by atoms with E-state index in [-0.39, 0.29) is 18.5 Å². The summed E-state index contributed by atoms with van der Waals surface area (Å²) in [6.07, 6.45) is 3.82. The Labute approximate surface area is 122 Å². The van der Waals surface area contributed by atoms with Crippen LogP contribution in [0.1, 0.15) is 59.8 Å². The first-order chi connectivity index (χ1) is 9.42. The monoisotopic (exact) mass is 286 g/mol. The molecule has 0 saturated carbocycles. The normalized spacial score (nSPS) is 12.2. The highest BCUT2D eigenvalue weighted by Gasteiger charge is 2.15. The SMILES string of the molecule is CCCC(CCNC(=O)N(CC)C(C)C)CCC(=O)O. The van der Waals surface area contributed by atoms with Crippen molar-refractivity contribution in [3.63, 3.8) is 0 Å². The van der Waals surface area contributed by atoms with Crippen LogP contribution in [-0.2, 0) is 4.79 Å². The number of carboxylic acids is 1. The molecule has 5 heteroatoms. The highest BCUT2D eigenvalue weighted by atomic mass is 16.4. The number of hydrogen-bond donors (Lipinski definition) is 2. The molecule has 2 amide bonds. The number of rotatable bonds is 10. The molecule has 0 aliphatic heterocycles. The van der Waals surface area contributed by atoms with Crippen LogP contribution < -0.4 is 5.32 Å². The van der Waals surface area contributed by atoms with E-state index in [1.54, 1.807) is 4.90 Å². The summed E-state index contributed by atoms with van der Waals surface area (Å²) in [6.45, 7) is 9.37. The first-order valence-electron chi connectivity index (χ1n) is 7.68. The second-order valence-electron chi connectivity index (χ2n) is 5.49. The fourth-order valence-corrected chi connectivity index (χ4v) is 2.40. The van der Waals surface area contributed by atoms with Gasteiger partial charge >= 0.3 is 12.0 Å². The minimum atomic E-state index is -0.743. The molecule has 0 aliphatic carbocycles. The van der Waals surface area contributed by atoms with Crippen LogP contribution in [0.5, 0.6) is 0 Å². The average molecular weight is 286 g/mol. The molecule has 5 nitrogen and oxygen atoms in total. The van der Waals surface area contributed by atoms with E-state index in [2.05, 4.69) is 12.2 Å². The van der Waals surface area contributed by atoms with E-state index >= 15 is 0 Å². The molecule has 1 unspecified atom stereocenters. The van der Waals surface area contributed by atoms with E-state index in [9.17, 15) is 9.59 Å².